The predicted octanol–water partition coefficient (Wildman–Crippen LogP) is 2.96. The Morgan fingerprint density at radius 2 is 1.79 bits per heavy atom. The van der Waals surface area contributed by atoms with E-state index < -0.39 is 6.16 Å². The zero-order valence-electron chi connectivity index (χ0n) is 8.61. The second-order valence-electron chi connectivity index (χ2n) is 3.28. The Balaban J connectivity index is 2.69. The number of benzene rings is 1. The topological polar surface area (TPSA) is 35.5 Å². The zero-order chi connectivity index (χ0) is 10.6. The summed E-state index contributed by atoms with van der Waals surface area (Å²) in [4.78, 5) is 10.8. The largest absolute Gasteiger partial charge is 0.513 e. The first-order valence-electron chi connectivity index (χ1n) is 4.49. The molecule has 0 radical (unpaired) electrons. The summed E-state index contributed by atoms with van der Waals surface area (Å²) in [5, 5.41) is 0. The van der Waals surface area contributed by atoms with E-state index in [0.717, 1.165) is 0 Å². The summed E-state index contributed by atoms with van der Waals surface area (Å²) >= 11 is 0. The summed E-state index contributed by atoms with van der Waals surface area (Å²) < 4.78 is 9.21. The number of methoxy groups -OCH3 is 1. The van der Waals surface area contributed by atoms with Crippen LogP contribution in [0.3, 0.4) is 0 Å². The van der Waals surface area contributed by atoms with Gasteiger partial charge in [0.15, 0.2) is 0 Å². The molecule has 0 unspecified atom stereocenters. The third-order valence-corrected chi connectivity index (χ3v) is 1.91. The molecule has 0 aromatic heterocycles. The van der Waals surface area contributed by atoms with Crippen LogP contribution in [0.15, 0.2) is 24.3 Å². The molecule has 1 aromatic rings. The molecule has 0 aliphatic rings. The highest BCUT2D eigenvalue weighted by molar-refractivity contribution is 5.63. The fourth-order valence-electron chi connectivity index (χ4n) is 1.06. The fraction of sp³-hybridized carbons (Fsp3) is 0.364. The van der Waals surface area contributed by atoms with E-state index in [1.165, 1.54) is 12.7 Å². The van der Waals surface area contributed by atoms with E-state index in [1.807, 2.05) is 12.1 Å². The van der Waals surface area contributed by atoms with E-state index in [-0.39, 0.29) is 0 Å². The molecule has 0 N–H and O–H groups in total. The van der Waals surface area contributed by atoms with E-state index in [1.54, 1.807) is 12.1 Å². The molecule has 0 amide bonds. The highest BCUT2D eigenvalue weighted by Gasteiger charge is 2.03. The lowest BCUT2D eigenvalue weighted by molar-refractivity contribution is 0.121. The number of carbonyl (C=O) groups excluding carboxylic acids is 1. The van der Waals surface area contributed by atoms with Crippen molar-refractivity contribution in [1.29, 1.82) is 0 Å². The highest BCUT2D eigenvalue weighted by atomic mass is 16.7. The average molecular weight is 194 g/mol. The van der Waals surface area contributed by atoms with Crippen LogP contribution in [0.5, 0.6) is 5.75 Å². The van der Waals surface area contributed by atoms with Crippen molar-refractivity contribution in [2.75, 3.05) is 7.11 Å². The van der Waals surface area contributed by atoms with Gasteiger partial charge in [-0.1, -0.05) is 26.0 Å². The summed E-state index contributed by atoms with van der Waals surface area (Å²) in [5.41, 5.74) is 1.21. The molecule has 3 nitrogen and oxygen atoms in total. The SMILES string of the molecule is COC(=O)Oc1ccc(C(C)C)cc1. The number of carbonyl (C=O) groups is 1. The van der Waals surface area contributed by atoms with Gasteiger partial charge in [0, 0.05) is 0 Å². The monoisotopic (exact) mass is 194 g/mol. The van der Waals surface area contributed by atoms with Crippen LogP contribution in [0, 0.1) is 0 Å². The van der Waals surface area contributed by atoms with Crippen LogP contribution in [0.25, 0.3) is 0 Å². The van der Waals surface area contributed by atoms with Gasteiger partial charge in [-0.15, -0.1) is 0 Å². The van der Waals surface area contributed by atoms with Gasteiger partial charge in [-0.05, 0) is 23.6 Å². The fourth-order valence-corrected chi connectivity index (χ4v) is 1.06. The Morgan fingerprint density at radius 3 is 2.21 bits per heavy atom. The first-order chi connectivity index (χ1) is 6.63. The summed E-state index contributed by atoms with van der Waals surface area (Å²) in [5.74, 6) is 0.975. The highest BCUT2D eigenvalue weighted by Crippen LogP contribution is 2.18. The van der Waals surface area contributed by atoms with Crippen molar-refractivity contribution in [2.45, 2.75) is 19.8 Å². The van der Waals surface area contributed by atoms with Crippen molar-refractivity contribution in [3.05, 3.63) is 29.8 Å². The second-order valence-corrected chi connectivity index (χ2v) is 3.28. The van der Waals surface area contributed by atoms with Gasteiger partial charge in [0.2, 0.25) is 0 Å². The van der Waals surface area contributed by atoms with E-state index in [0.29, 0.717) is 11.7 Å². The Labute approximate surface area is 83.6 Å². The molecular formula is C11H14O3. The number of hydrogen-bond acceptors (Lipinski definition) is 3. The lowest BCUT2D eigenvalue weighted by Crippen LogP contribution is -2.07. The Bertz CT molecular complexity index is 301. The molecule has 0 aliphatic carbocycles. The van der Waals surface area contributed by atoms with Gasteiger partial charge in [-0.25, -0.2) is 4.79 Å². The lowest BCUT2D eigenvalue weighted by atomic mass is 10.0. The van der Waals surface area contributed by atoms with Gasteiger partial charge in [-0.2, -0.15) is 0 Å². The molecule has 0 spiro atoms. The first kappa shape index (κ1) is 10.6. The molecule has 0 atom stereocenters. The molecule has 1 aromatic carbocycles. The van der Waals surface area contributed by atoms with Gasteiger partial charge in [0.1, 0.15) is 5.75 Å². The standard InChI is InChI=1S/C11H14O3/c1-8(2)9-4-6-10(7-5-9)14-11(12)13-3/h4-8H,1-3H3. The molecule has 0 saturated heterocycles. The van der Waals surface area contributed by atoms with E-state index in [2.05, 4.69) is 18.6 Å². The molecule has 1 rings (SSSR count). The number of rotatable bonds is 2. The summed E-state index contributed by atoms with van der Waals surface area (Å²) in [6, 6.07) is 7.38. The normalized spacial score (nSPS) is 10.0. The lowest BCUT2D eigenvalue weighted by Gasteiger charge is -2.06. The van der Waals surface area contributed by atoms with Gasteiger partial charge in [0.25, 0.3) is 0 Å². The maximum Gasteiger partial charge on any atom is 0.513 e. The van der Waals surface area contributed by atoms with Crippen molar-refractivity contribution in [1.82, 2.24) is 0 Å². The van der Waals surface area contributed by atoms with Crippen LogP contribution in [-0.4, -0.2) is 13.3 Å². The van der Waals surface area contributed by atoms with E-state index >= 15 is 0 Å². The van der Waals surface area contributed by atoms with Gasteiger partial charge >= 0.3 is 6.16 Å². The zero-order valence-corrected chi connectivity index (χ0v) is 8.61. The molecule has 3 heteroatoms. The second kappa shape index (κ2) is 4.65. The molecule has 14 heavy (non-hydrogen) atoms. The minimum Gasteiger partial charge on any atom is -0.437 e. The van der Waals surface area contributed by atoms with Crippen molar-refractivity contribution in [3.63, 3.8) is 0 Å². The maximum atomic E-state index is 10.8. The Morgan fingerprint density at radius 1 is 1.21 bits per heavy atom. The van der Waals surface area contributed by atoms with Crippen LogP contribution in [0.2, 0.25) is 0 Å². The smallest absolute Gasteiger partial charge is 0.437 e. The first-order valence-corrected chi connectivity index (χ1v) is 4.49. The van der Waals surface area contributed by atoms with E-state index in [9.17, 15) is 4.79 Å². The minimum atomic E-state index is -0.692. The Hall–Kier alpha value is -1.51. The third kappa shape index (κ3) is 2.76. The van der Waals surface area contributed by atoms with Crippen LogP contribution in [-0.2, 0) is 4.74 Å². The molecule has 76 valence electrons. The van der Waals surface area contributed by atoms with Crippen molar-refractivity contribution in [3.8, 4) is 5.75 Å². The van der Waals surface area contributed by atoms with Crippen molar-refractivity contribution in [2.24, 2.45) is 0 Å². The predicted molar refractivity (Wildman–Crippen MR) is 53.6 cm³/mol. The molecule has 0 fully saturated rings. The van der Waals surface area contributed by atoms with Crippen molar-refractivity contribution >= 4 is 6.16 Å². The number of hydrogen-bond donors (Lipinski definition) is 0. The van der Waals surface area contributed by atoms with Gasteiger partial charge in [0.05, 0.1) is 7.11 Å². The van der Waals surface area contributed by atoms with Crippen LogP contribution >= 0.6 is 0 Å². The van der Waals surface area contributed by atoms with Gasteiger partial charge < -0.3 is 9.47 Å². The molecular weight excluding hydrogens is 180 g/mol. The van der Waals surface area contributed by atoms with Crippen molar-refractivity contribution < 1.29 is 14.3 Å². The summed E-state index contributed by atoms with van der Waals surface area (Å²) in [6.45, 7) is 4.21. The molecule has 0 heterocycles. The number of ether oxygens (including phenoxy) is 2. The van der Waals surface area contributed by atoms with E-state index in [4.69, 9.17) is 4.74 Å². The molecule has 0 saturated carbocycles. The average Bonchev–Trinajstić information content (AvgIpc) is 2.18. The van der Waals surface area contributed by atoms with Gasteiger partial charge in [-0.3, -0.25) is 0 Å². The summed E-state index contributed by atoms with van der Waals surface area (Å²) in [7, 11) is 1.28. The minimum absolute atomic E-state index is 0.474. The molecule has 0 bridgehead atoms. The Kier molecular flexibility index (Phi) is 3.51. The maximum absolute atomic E-state index is 10.8. The molecule has 0 aliphatic heterocycles. The van der Waals surface area contributed by atoms with Crippen LogP contribution in [0.1, 0.15) is 25.3 Å². The quantitative estimate of drug-likeness (QED) is 0.536. The van der Waals surface area contributed by atoms with Crippen LogP contribution < -0.4 is 4.74 Å². The van der Waals surface area contributed by atoms with Crippen LogP contribution in [0.4, 0.5) is 4.79 Å². The third-order valence-electron chi connectivity index (χ3n) is 1.91. The summed E-state index contributed by atoms with van der Waals surface area (Å²) in [6.07, 6.45) is -0.692.